The first-order valence-electron chi connectivity index (χ1n) is 4.50. The van der Waals surface area contributed by atoms with Crippen LogP contribution in [-0.2, 0) is 4.79 Å². The Labute approximate surface area is 74.1 Å². The quantitative estimate of drug-likeness (QED) is 0.670. The third-order valence-electron chi connectivity index (χ3n) is 2.85. The van der Waals surface area contributed by atoms with Gasteiger partial charge in [0.15, 0.2) is 0 Å². The normalized spacial score (nSPS) is 18.9. The van der Waals surface area contributed by atoms with Gasteiger partial charge in [-0.15, -0.1) is 0 Å². The van der Waals surface area contributed by atoms with Crippen molar-refractivity contribution in [1.29, 1.82) is 0 Å². The van der Waals surface area contributed by atoms with Gasteiger partial charge >= 0.3 is 0 Å². The van der Waals surface area contributed by atoms with Gasteiger partial charge in [-0.05, 0) is 26.3 Å². The number of rotatable bonds is 4. The highest BCUT2D eigenvalue weighted by Gasteiger charge is 2.40. The van der Waals surface area contributed by atoms with Crippen molar-refractivity contribution in [3.8, 4) is 0 Å². The molecule has 0 spiro atoms. The van der Waals surface area contributed by atoms with Crippen LogP contribution in [0.3, 0.4) is 0 Å². The van der Waals surface area contributed by atoms with E-state index in [1.54, 1.807) is 11.8 Å². The monoisotopic (exact) mass is 170 g/mol. The Morgan fingerprint density at radius 3 is 2.50 bits per heavy atom. The van der Waals surface area contributed by atoms with Gasteiger partial charge in [0, 0.05) is 26.1 Å². The van der Waals surface area contributed by atoms with E-state index in [0.717, 1.165) is 13.0 Å². The molecule has 0 aromatic heterocycles. The summed E-state index contributed by atoms with van der Waals surface area (Å²) in [6.45, 7) is 2.48. The molecule has 1 rings (SSSR count). The number of hydrogen-bond donors (Lipinski definition) is 1. The Balaban J connectivity index is 2.21. The van der Waals surface area contributed by atoms with E-state index in [1.807, 2.05) is 14.1 Å². The van der Waals surface area contributed by atoms with Gasteiger partial charge in [-0.1, -0.05) is 0 Å². The van der Waals surface area contributed by atoms with Crippen LogP contribution in [0, 0.1) is 0 Å². The van der Waals surface area contributed by atoms with Crippen molar-refractivity contribution >= 4 is 5.91 Å². The van der Waals surface area contributed by atoms with Crippen LogP contribution in [0.1, 0.15) is 26.2 Å². The predicted molar refractivity (Wildman–Crippen MR) is 49.0 cm³/mol. The van der Waals surface area contributed by atoms with E-state index in [0.29, 0.717) is 5.54 Å². The summed E-state index contributed by atoms with van der Waals surface area (Å²) in [5.41, 5.74) is 0.365. The number of carbonyl (C=O) groups is 1. The third kappa shape index (κ3) is 2.21. The minimum absolute atomic E-state index is 0.155. The first-order chi connectivity index (χ1) is 5.59. The Morgan fingerprint density at radius 1 is 1.58 bits per heavy atom. The van der Waals surface area contributed by atoms with Crippen LogP contribution in [-0.4, -0.2) is 37.0 Å². The fraction of sp³-hybridized carbons (Fsp3) is 0.889. The highest BCUT2D eigenvalue weighted by atomic mass is 16.2. The summed E-state index contributed by atoms with van der Waals surface area (Å²) in [6.07, 6.45) is 3.60. The zero-order valence-corrected chi connectivity index (χ0v) is 8.18. The van der Waals surface area contributed by atoms with Crippen LogP contribution in [0.2, 0.25) is 0 Å². The smallest absolute Gasteiger partial charge is 0.219 e. The molecule has 0 aromatic carbocycles. The molecule has 1 N–H and O–H groups in total. The number of nitrogens with zero attached hydrogens (tertiary/aromatic N) is 1. The molecule has 1 amide bonds. The second-order valence-corrected chi connectivity index (χ2v) is 3.72. The van der Waals surface area contributed by atoms with Gasteiger partial charge in [0.25, 0.3) is 0 Å². The van der Waals surface area contributed by atoms with Crippen molar-refractivity contribution in [3.05, 3.63) is 0 Å². The highest BCUT2D eigenvalue weighted by molar-refractivity contribution is 5.72. The Morgan fingerprint density at radius 2 is 2.17 bits per heavy atom. The molecule has 0 heterocycles. The molecule has 0 unspecified atom stereocenters. The molecule has 3 nitrogen and oxygen atoms in total. The average molecular weight is 170 g/mol. The van der Waals surface area contributed by atoms with E-state index >= 15 is 0 Å². The molecule has 0 radical (unpaired) electrons. The maximum atomic E-state index is 10.9. The Hall–Kier alpha value is -0.570. The molecule has 0 aromatic rings. The minimum atomic E-state index is 0.155. The van der Waals surface area contributed by atoms with Gasteiger partial charge in [0.2, 0.25) is 5.91 Å². The summed E-state index contributed by atoms with van der Waals surface area (Å²) in [5.74, 6) is 0.155. The fourth-order valence-electron chi connectivity index (χ4n) is 1.32. The summed E-state index contributed by atoms with van der Waals surface area (Å²) in [5, 5.41) is 3.31. The van der Waals surface area contributed by atoms with E-state index in [9.17, 15) is 4.79 Å². The lowest BCUT2D eigenvalue weighted by Crippen LogP contribution is -2.34. The summed E-state index contributed by atoms with van der Waals surface area (Å²) in [6, 6.07) is 0. The van der Waals surface area contributed by atoms with Crippen molar-refractivity contribution in [3.63, 3.8) is 0 Å². The van der Waals surface area contributed by atoms with Crippen molar-refractivity contribution in [2.24, 2.45) is 0 Å². The number of nitrogens with one attached hydrogen (secondary N) is 1. The Bertz CT molecular complexity index is 175. The second-order valence-electron chi connectivity index (χ2n) is 3.72. The molecular formula is C9H18N2O. The zero-order chi connectivity index (χ0) is 9.19. The van der Waals surface area contributed by atoms with Crippen molar-refractivity contribution in [2.45, 2.75) is 31.7 Å². The third-order valence-corrected chi connectivity index (χ3v) is 2.85. The minimum Gasteiger partial charge on any atom is -0.346 e. The maximum absolute atomic E-state index is 10.9. The number of carbonyl (C=O) groups excluding carboxylic acids is 1. The largest absolute Gasteiger partial charge is 0.346 e. The lowest BCUT2D eigenvalue weighted by molar-refractivity contribution is -0.127. The lowest BCUT2D eigenvalue weighted by atomic mass is 10.2. The van der Waals surface area contributed by atoms with Gasteiger partial charge in [0.1, 0.15) is 0 Å². The topological polar surface area (TPSA) is 32.3 Å². The molecule has 0 saturated heterocycles. The molecule has 1 saturated carbocycles. The van der Waals surface area contributed by atoms with E-state index < -0.39 is 0 Å². The van der Waals surface area contributed by atoms with Crippen LogP contribution in [0.15, 0.2) is 0 Å². The summed E-state index contributed by atoms with van der Waals surface area (Å²) < 4.78 is 0. The SMILES string of the molecule is CNC1(CCN(C)C(C)=O)CC1. The van der Waals surface area contributed by atoms with Gasteiger partial charge in [0.05, 0.1) is 0 Å². The van der Waals surface area contributed by atoms with Crippen LogP contribution in [0.5, 0.6) is 0 Å². The summed E-state index contributed by atoms with van der Waals surface area (Å²) >= 11 is 0. The molecule has 0 bridgehead atoms. The van der Waals surface area contributed by atoms with Gasteiger partial charge in [-0.2, -0.15) is 0 Å². The second kappa shape index (κ2) is 3.44. The van der Waals surface area contributed by atoms with E-state index in [1.165, 1.54) is 12.8 Å². The first-order valence-corrected chi connectivity index (χ1v) is 4.50. The predicted octanol–water partition coefficient (Wildman–Crippen LogP) is 0.607. The molecule has 0 aliphatic heterocycles. The van der Waals surface area contributed by atoms with Gasteiger partial charge in [-0.3, -0.25) is 4.79 Å². The fourth-order valence-corrected chi connectivity index (χ4v) is 1.32. The Kier molecular flexibility index (Phi) is 2.73. The zero-order valence-electron chi connectivity index (χ0n) is 8.18. The molecule has 70 valence electrons. The highest BCUT2D eigenvalue weighted by Crippen LogP contribution is 2.38. The van der Waals surface area contributed by atoms with Gasteiger partial charge < -0.3 is 10.2 Å². The van der Waals surface area contributed by atoms with Crippen LogP contribution in [0.4, 0.5) is 0 Å². The summed E-state index contributed by atoms with van der Waals surface area (Å²) in [4.78, 5) is 12.7. The average Bonchev–Trinajstić information content (AvgIpc) is 2.81. The van der Waals surface area contributed by atoms with E-state index in [-0.39, 0.29) is 5.91 Å². The van der Waals surface area contributed by atoms with Crippen LogP contribution >= 0.6 is 0 Å². The first kappa shape index (κ1) is 9.52. The number of amides is 1. The van der Waals surface area contributed by atoms with Gasteiger partial charge in [-0.25, -0.2) is 0 Å². The number of hydrogen-bond acceptors (Lipinski definition) is 2. The van der Waals surface area contributed by atoms with Crippen LogP contribution < -0.4 is 5.32 Å². The molecule has 12 heavy (non-hydrogen) atoms. The van der Waals surface area contributed by atoms with E-state index in [2.05, 4.69) is 5.32 Å². The lowest BCUT2D eigenvalue weighted by Gasteiger charge is -2.19. The molecule has 0 atom stereocenters. The molecule has 1 aliphatic rings. The van der Waals surface area contributed by atoms with E-state index in [4.69, 9.17) is 0 Å². The van der Waals surface area contributed by atoms with Crippen molar-refractivity contribution in [1.82, 2.24) is 10.2 Å². The standard InChI is InChI=1S/C9H18N2O/c1-8(12)11(3)7-6-9(10-2)4-5-9/h10H,4-7H2,1-3H3. The molecule has 3 heteroatoms. The summed E-state index contributed by atoms with van der Waals surface area (Å²) in [7, 11) is 3.86. The molecule has 1 fully saturated rings. The molecular weight excluding hydrogens is 152 g/mol. The van der Waals surface area contributed by atoms with Crippen LogP contribution in [0.25, 0.3) is 0 Å². The van der Waals surface area contributed by atoms with Crippen molar-refractivity contribution < 1.29 is 4.79 Å². The van der Waals surface area contributed by atoms with Crippen molar-refractivity contribution in [2.75, 3.05) is 20.6 Å². The maximum Gasteiger partial charge on any atom is 0.219 e. The molecule has 1 aliphatic carbocycles.